The number of hydrogen-bond acceptors (Lipinski definition) is 7. The van der Waals surface area contributed by atoms with Crippen molar-refractivity contribution in [3.8, 4) is 0 Å². The van der Waals surface area contributed by atoms with Gasteiger partial charge in [-0.2, -0.15) is 4.31 Å². The molecular weight excluding hydrogens is 522 g/mol. The number of nitrogens with zero attached hydrogens (tertiary/aromatic N) is 2. The zero-order valence-corrected chi connectivity index (χ0v) is 19.4. The number of amides is 1. The van der Waals surface area contributed by atoms with Gasteiger partial charge in [0.25, 0.3) is 5.69 Å². The molecule has 0 aliphatic carbocycles. The molecule has 3 atom stereocenters. The molecule has 2 aromatic rings. The van der Waals surface area contributed by atoms with Crippen LogP contribution in [0.3, 0.4) is 0 Å². The number of carbonyl (C=O) groups is 2. The molecule has 1 saturated heterocycles. The minimum atomic E-state index is -4.40. The van der Waals surface area contributed by atoms with E-state index < -0.39 is 45.1 Å². The summed E-state index contributed by atoms with van der Waals surface area (Å²) in [6.45, 7) is 0. The fourth-order valence-corrected chi connectivity index (χ4v) is 5.48. The molecule has 1 aliphatic heterocycles. The molecule has 0 radical (unpaired) electrons. The van der Waals surface area contributed by atoms with Crippen molar-refractivity contribution in [2.75, 3.05) is 0 Å². The van der Waals surface area contributed by atoms with Crippen LogP contribution in [0.25, 0.3) is 0 Å². The molecule has 0 bridgehead atoms. The third-order valence-electron chi connectivity index (χ3n) is 5.19. The van der Waals surface area contributed by atoms with Gasteiger partial charge in [0.2, 0.25) is 15.9 Å². The molecular formula is C20H20BrN3O8S. The minimum absolute atomic E-state index is 0.0240. The number of non-ortho nitro benzene ring substituents is 1. The Hall–Kier alpha value is -2.87. The Kier molecular flexibility index (Phi) is 7.47. The van der Waals surface area contributed by atoms with Crippen molar-refractivity contribution in [2.45, 2.75) is 42.5 Å². The number of carboxylic acids is 1. The first kappa shape index (κ1) is 24.8. The van der Waals surface area contributed by atoms with Crippen LogP contribution in [-0.2, 0) is 26.0 Å². The number of carbonyl (C=O) groups excluding carboxylic acids is 1. The van der Waals surface area contributed by atoms with Gasteiger partial charge >= 0.3 is 5.97 Å². The number of sulfonamides is 1. The molecule has 1 aliphatic rings. The highest BCUT2D eigenvalue weighted by Gasteiger charge is 2.45. The van der Waals surface area contributed by atoms with Gasteiger partial charge in [-0.1, -0.05) is 28.1 Å². The van der Waals surface area contributed by atoms with Gasteiger partial charge in [0.05, 0.1) is 9.82 Å². The number of nitro benzene ring substituents is 1. The molecule has 1 heterocycles. The molecule has 0 aromatic heterocycles. The summed E-state index contributed by atoms with van der Waals surface area (Å²) < 4.78 is 27.6. The molecule has 3 N–H and O–H groups in total. The number of aliphatic carboxylic acids is 1. The van der Waals surface area contributed by atoms with Crippen molar-refractivity contribution < 1.29 is 33.1 Å². The lowest BCUT2D eigenvalue weighted by atomic mass is 10.1. The summed E-state index contributed by atoms with van der Waals surface area (Å²) in [5, 5.41) is 33.0. The zero-order valence-electron chi connectivity index (χ0n) is 17.0. The molecule has 11 nitrogen and oxygen atoms in total. The van der Waals surface area contributed by atoms with E-state index in [0.717, 1.165) is 28.7 Å². The van der Waals surface area contributed by atoms with Crippen LogP contribution in [0.2, 0.25) is 0 Å². The van der Waals surface area contributed by atoms with E-state index in [1.807, 2.05) is 0 Å². The van der Waals surface area contributed by atoms with Crippen LogP contribution in [0, 0.1) is 10.1 Å². The predicted molar refractivity (Wildman–Crippen MR) is 119 cm³/mol. The fourth-order valence-electron chi connectivity index (χ4n) is 3.53. The number of aliphatic hydroxyl groups is 1. The van der Waals surface area contributed by atoms with Gasteiger partial charge in [0, 0.05) is 23.0 Å². The summed E-state index contributed by atoms with van der Waals surface area (Å²) in [5.74, 6) is -2.16. The number of benzene rings is 2. The molecule has 2 aromatic carbocycles. The Balaban J connectivity index is 1.81. The van der Waals surface area contributed by atoms with Gasteiger partial charge in [-0.05, 0) is 42.7 Å². The Morgan fingerprint density at radius 3 is 2.30 bits per heavy atom. The van der Waals surface area contributed by atoms with Crippen molar-refractivity contribution >= 4 is 43.5 Å². The Morgan fingerprint density at radius 2 is 1.76 bits per heavy atom. The molecule has 0 saturated carbocycles. The lowest BCUT2D eigenvalue weighted by Gasteiger charge is -2.27. The van der Waals surface area contributed by atoms with Gasteiger partial charge in [-0.3, -0.25) is 14.9 Å². The largest absolute Gasteiger partial charge is 0.480 e. The van der Waals surface area contributed by atoms with Crippen molar-refractivity contribution in [1.29, 1.82) is 0 Å². The second-order valence-corrected chi connectivity index (χ2v) is 10.1. The summed E-state index contributed by atoms with van der Waals surface area (Å²) in [7, 11) is -4.40. The van der Waals surface area contributed by atoms with Gasteiger partial charge in [-0.15, -0.1) is 0 Å². The first-order chi connectivity index (χ1) is 15.5. The van der Waals surface area contributed by atoms with Crippen LogP contribution in [0.5, 0.6) is 0 Å². The van der Waals surface area contributed by atoms with E-state index in [0.29, 0.717) is 9.87 Å². The lowest BCUT2D eigenvalue weighted by molar-refractivity contribution is -0.384. The third-order valence-corrected chi connectivity index (χ3v) is 7.64. The summed E-state index contributed by atoms with van der Waals surface area (Å²) in [6, 6.07) is 8.21. The van der Waals surface area contributed by atoms with E-state index in [1.165, 1.54) is 0 Å². The van der Waals surface area contributed by atoms with E-state index >= 15 is 0 Å². The van der Waals surface area contributed by atoms with E-state index in [2.05, 4.69) is 21.2 Å². The number of aliphatic hydroxyl groups excluding tert-OH is 1. The van der Waals surface area contributed by atoms with Crippen LogP contribution in [-0.4, -0.2) is 58.0 Å². The molecule has 3 rings (SSSR count). The van der Waals surface area contributed by atoms with Gasteiger partial charge in [-0.25, -0.2) is 13.2 Å². The fraction of sp³-hybridized carbons (Fsp3) is 0.300. The van der Waals surface area contributed by atoms with E-state index in [9.17, 15) is 38.3 Å². The maximum atomic E-state index is 13.1. The second kappa shape index (κ2) is 9.95. The highest BCUT2D eigenvalue weighted by Crippen LogP contribution is 2.31. The SMILES string of the molecule is O=C(O)C(Cc1ccc(Br)cc1)NC(=O)[C@@H]1CCC(O)N1S(=O)(=O)c1ccc([N+](=O)[O-])cc1. The summed E-state index contributed by atoms with van der Waals surface area (Å²) in [5.41, 5.74) is 0.329. The minimum Gasteiger partial charge on any atom is -0.480 e. The molecule has 176 valence electrons. The smallest absolute Gasteiger partial charge is 0.326 e. The number of nitrogens with one attached hydrogen (secondary N) is 1. The zero-order chi connectivity index (χ0) is 24.3. The van der Waals surface area contributed by atoms with Crippen LogP contribution in [0.15, 0.2) is 57.9 Å². The molecule has 0 spiro atoms. The van der Waals surface area contributed by atoms with Crippen LogP contribution < -0.4 is 5.32 Å². The summed E-state index contributed by atoms with van der Waals surface area (Å²) >= 11 is 3.28. The van der Waals surface area contributed by atoms with Crippen LogP contribution in [0.4, 0.5) is 5.69 Å². The topological polar surface area (TPSA) is 167 Å². The van der Waals surface area contributed by atoms with E-state index in [-0.39, 0.29) is 29.8 Å². The van der Waals surface area contributed by atoms with Crippen LogP contribution >= 0.6 is 15.9 Å². The monoisotopic (exact) mass is 541 g/mol. The standard InChI is InChI=1S/C20H20BrN3O8S/c21-13-3-1-12(2-4-13)11-16(20(27)28)22-19(26)17-9-10-18(25)23(17)33(31,32)15-7-5-14(6-8-15)24(29)30/h1-8,16-18,25H,9-11H2,(H,22,26)(H,27,28)/t16?,17-,18?/m0/s1. The van der Waals surface area contributed by atoms with Crippen molar-refractivity contribution in [2.24, 2.45) is 0 Å². The van der Waals surface area contributed by atoms with E-state index in [4.69, 9.17) is 0 Å². The number of carboxylic acid groups (broad SMARTS) is 1. The summed E-state index contributed by atoms with van der Waals surface area (Å²) in [6.07, 6.45) is -1.59. The predicted octanol–water partition coefficient (Wildman–Crippen LogP) is 1.64. The van der Waals surface area contributed by atoms with Crippen molar-refractivity contribution in [3.05, 3.63) is 68.7 Å². The second-order valence-electron chi connectivity index (χ2n) is 7.39. The number of rotatable bonds is 8. The average Bonchev–Trinajstić information content (AvgIpc) is 3.17. The molecule has 1 fully saturated rings. The lowest BCUT2D eigenvalue weighted by Crippen LogP contribution is -2.53. The highest BCUT2D eigenvalue weighted by atomic mass is 79.9. The average molecular weight is 542 g/mol. The Morgan fingerprint density at radius 1 is 1.15 bits per heavy atom. The highest BCUT2D eigenvalue weighted by molar-refractivity contribution is 9.10. The summed E-state index contributed by atoms with van der Waals surface area (Å²) in [4.78, 5) is 34.4. The molecule has 1 amide bonds. The maximum absolute atomic E-state index is 13.1. The van der Waals surface area contributed by atoms with Gasteiger partial charge in [0.15, 0.2) is 0 Å². The van der Waals surface area contributed by atoms with E-state index in [1.54, 1.807) is 24.3 Å². The maximum Gasteiger partial charge on any atom is 0.326 e. The third kappa shape index (κ3) is 5.55. The first-order valence-corrected chi connectivity index (χ1v) is 12.0. The van der Waals surface area contributed by atoms with Crippen molar-refractivity contribution in [1.82, 2.24) is 9.62 Å². The normalized spacial score (nSPS) is 19.7. The number of halogens is 1. The number of hydrogen-bond donors (Lipinski definition) is 3. The molecule has 13 heteroatoms. The van der Waals surface area contributed by atoms with Gasteiger partial charge < -0.3 is 15.5 Å². The van der Waals surface area contributed by atoms with Crippen molar-refractivity contribution in [3.63, 3.8) is 0 Å². The van der Waals surface area contributed by atoms with Crippen LogP contribution in [0.1, 0.15) is 18.4 Å². The number of nitro groups is 1. The quantitative estimate of drug-likeness (QED) is 0.334. The molecule has 33 heavy (non-hydrogen) atoms. The van der Waals surface area contributed by atoms with Gasteiger partial charge in [0.1, 0.15) is 18.3 Å². The Bertz CT molecular complexity index is 1150. The first-order valence-electron chi connectivity index (χ1n) is 9.74. The Labute approximate surface area is 197 Å². The molecule has 2 unspecified atom stereocenters.